The molecule has 0 aliphatic rings. The fourth-order valence-corrected chi connectivity index (χ4v) is 8.29. The van der Waals surface area contributed by atoms with Gasteiger partial charge in [0.1, 0.15) is 12.2 Å². The Morgan fingerprint density at radius 3 is 0.857 bits per heavy atom. The van der Waals surface area contributed by atoms with Crippen LogP contribution in [0.25, 0.3) is 0 Å². The molecular weight excluding hydrogens is 695 g/mol. The molecule has 0 heterocycles. The van der Waals surface area contributed by atoms with E-state index in [0.29, 0.717) is 12.8 Å². The third-order valence-corrected chi connectivity index (χ3v) is 12.3. The van der Waals surface area contributed by atoms with E-state index in [-0.39, 0.29) is 0 Å². The largest absolute Gasteiger partial charge is 0.394 e. The number of carbonyl (C=O) groups is 1. The minimum atomic E-state index is -1.25. The Morgan fingerprint density at radius 2 is 0.607 bits per heavy atom. The molecule has 0 aromatic carbocycles. The zero-order valence-corrected chi connectivity index (χ0v) is 37.9. The number of aliphatic hydroxyl groups is 4. The lowest BCUT2D eigenvalue weighted by molar-refractivity contribution is -0.132. The third-order valence-electron chi connectivity index (χ3n) is 12.3. The summed E-state index contributed by atoms with van der Waals surface area (Å²) in [4.78, 5) is 12.5. The molecule has 1 amide bonds. The van der Waals surface area contributed by atoms with E-state index < -0.39 is 36.9 Å². The van der Waals surface area contributed by atoms with Crippen LogP contribution in [-0.4, -0.2) is 57.3 Å². The average molecular weight is 796 g/mol. The van der Waals surface area contributed by atoms with Crippen molar-refractivity contribution >= 4 is 5.91 Å². The van der Waals surface area contributed by atoms with Crippen LogP contribution in [0.3, 0.4) is 0 Å². The van der Waals surface area contributed by atoms with Crippen LogP contribution in [-0.2, 0) is 4.79 Å². The molecule has 336 valence electrons. The maximum Gasteiger partial charge on any atom is 0.249 e. The zero-order chi connectivity index (χ0) is 41.0. The molecule has 0 aliphatic heterocycles. The second-order valence-electron chi connectivity index (χ2n) is 17.9. The summed E-state index contributed by atoms with van der Waals surface area (Å²) in [5.74, 6) is -0.578. The van der Waals surface area contributed by atoms with Crippen molar-refractivity contribution in [1.29, 1.82) is 0 Å². The molecule has 0 aromatic rings. The minimum absolute atomic E-state index is 0.376. The lowest BCUT2D eigenvalue weighted by atomic mass is 9.99. The summed E-state index contributed by atoms with van der Waals surface area (Å²) in [5.41, 5.74) is 0. The normalized spacial score (nSPS) is 13.9. The zero-order valence-electron chi connectivity index (χ0n) is 37.9. The molecule has 4 unspecified atom stereocenters. The van der Waals surface area contributed by atoms with E-state index in [9.17, 15) is 25.2 Å². The Kier molecular flexibility index (Phi) is 44.8. The topological polar surface area (TPSA) is 110 Å². The summed E-state index contributed by atoms with van der Waals surface area (Å²) in [6.45, 7) is 4.07. The molecule has 0 saturated carbocycles. The summed E-state index contributed by atoms with van der Waals surface area (Å²) in [6.07, 6.45) is 50.2. The van der Waals surface area contributed by atoms with Crippen molar-refractivity contribution < 1.29 is 25.2 Å². The molecule has 4 atom stereocenters. The number of unbranched alkanes of at least 4 members (excludes halogenated alkanes) is 38. The van der Waals surface area contributed by atoms with Gasteiger partial charge in [0.15, 0.2) is 0 Å². The van der Waals surface area contributed by atoms with Gasteiger partial charge >= 0.3 is 0 Å². The molecule has 0 bridgehead atoms. The van der Waals surface area contributed by atoms with E-state index in [1.54, 1.807) is 0 Å². The summed E-state index contributed by atoms with van der Waals surface area (Å²) < 4.78 is 0. The van der Waals surface area contributed by atoms with Crippen LogP contribution in [0.15, 0.2) is 0 Å². The van der Waals surface area contributed by atoms with Crippen LogP contribution in [0.5, 0.6) is 0 Å². The Morgan fingerprint density at radius 1 is 0.375 bits per heavy atom. The lowest BCUT2D eigenvalue weighted by Crippen LogP contribution is -2.53. The van der Waals surface area contributed by atoms with Gasteiger partial charge in [0.05, 0.1) is 18.8 Å². The van der Waals surface area contributed by atoms with Gasteiger partial charge in [-0.3, -0.25) is 4.79 Å². The molecular formula is C50H101NO5. The SMILES string of the molecule is CCCCCCCCCCCCCCCCCCCCCCCCCCCCCC(O)C(=O)NC(CO)C(O)C(O)CCCCCCCCCCCCCCC. The van der Waals surface area contributed by atoms with Crippen LogP contribution in [0, 0.1) is 0 Å². The standard InChI is InChI=1S/C50H101NO5/c1-3-5-7-9-11-13-15-17-18-19-20-21-22-23-24-25-26-27-28-29-30-32-34-36-38-40-42-44-48(54)50(56)51-46(45-52)49(55)47(53)43-41-39-37-35-33-31-16-14-12-10-8-6-4-2/h46-49,52-55H,3-45H2,1-2H3,(H,51,56). The van der Waals surface area contributed by atoms with Gasteiger partial charge in [-0.25, -0.2) is 0 Å². The first-order valence-electron chi connectivity index (χ1n) is 25.4. The molecule has 0 aliphatic carbocycles. The molecule has 5 N–H and O–H groups in total. The Hall–Kier alpha value is -0.690. The molecule has 0 radical (unpaired) electrons. The van der Waals surface area contributed by atoms with Crippen molar-refractivity contribution in [2.75, 3.05) is 6.61 Å². The van der Waals surface area contributed by atoms with Gasteiger partial charge in [-0.05, 0) is 12.8 Å². The van der Waals surface area contributed by atoms with Crippen molar-refractivity contribution in [2.45, 2.75) is 308 Å². The number of aliphatic hydroxyl groups excluding tert-OH is 4. The highest BCUT2D eigenvalue weighted by molar-refractivity contribution is 5.80. The maximum absolute atomic E-state index is 12.5. The third kappa shape index (κ3) is 38.8. The number of rotatable bonds is 47. The van der Waals surface area contributed by atoms with Crippen molar-refractivity contribution in [1.82, 2.24) is 5.32 Å². The number of amides is 1. The van der Waals surface area contributed by atoms with E-state index in [1.165, 1.54) is 218 Å². The number of nitrogens with one attached hydrogen (secondary N) is 1. The van der Waals surface area contributed by atoms with Gasteiger partial charge in [0, 0.05) is 0 Å². The molecule has 56 heavy (non-hydrogen) atoms. The smallest absolute Gasteiger partial charge is 0.249 e. The second kappa shape index (κ2) is 45.4. The number of hydrogen-bond acceptors (Lipinski definition) is 5. The molecule has 0 saturated heterocycles. The first-order chi connectivity index (χ1) is 27.5. The van der Waals surface area contributed by atoms with Gasteiger partial charge in [0.2, 0.25) is 5.91 Å². The minimum Gasteiger partial charge on any atom is -0.394 e. The summed E-state index contributed by atoms with van der Waals surface area (Å²) >= 11 is 0. The fourth-order valence-electron chi connectivity index (χ4n) is 8.29. The van der Waals surface area contributed by atoms with Crippen LogP contribution in [0.4, 0.5) is 0 Å². The first kappa shape index (κ1) is 55.3. The number of carbonyl (C=O) groups excluding carboxylic acids is 1. The van der Waals surface area contributed by atoms with E-state index in [0.717, 1.165) is 38.5 Å². The van der Waals surface area contributed by atoms with Crippen LogP contribution in [0.1, 0.15) is 284 Å². The van der Waals surface area contributed by atoms with Crippen molar-refractivity contribution in [3.63, 3.8) is 0 Å². The highest BCUT2D eigenvalue weighted by Gasteiger charge is 2.28. The molecule has 0 aromatic heterocycles. The Balaban J connectivity index is 3.57. The monoisotopic (exact) mass is 796 g/mol. The van der Waals surface area contributed by atoms with Crippen molar-refractivity contribution in [2.24, 2.45) is 0 Å². The quantitative estimate of drug-likeness (QED) is 0.0394. The second-order valence-corrected chi connectivity index (χ2v) is 17.9. The molecule has 6 nitrogen and oxygen atoms in total. The first-order valence-corrected chi connectivity index (χ1v) is 25.4. The molecule has 0 spiro atoms. The average Bonchev–Trinajstić information content (AvgIpc) is 3.20. The Bertz CT molecular complexity index is 766. The van der Waals surface area contributed by atoms with Gasteiger partial charge in [0.25, 0.3) is 0 Å². The summed E-state index contributed by atoms with van der Waals surface area (Å²) in [7, 11) is 0. The predicted octanol–water partition coefficient (Wildman–Crippen LogP) is 14.0. The van der Waals surface area contributed by atoms with Crippen LogP contribution in [0.2, 0.25) is 0 Å². The summed E-state index contributed by atoms with van der Waals surface area (Å²) in [5, 5.41) is 43.8. The van der Waals surface area contributed by atoms with Crippen LogP contribution >= 0.6 is 0 Å². The highest BCUT2D eigenvalue weighted by atomic mass is 16.3. The summed E-state index contributed by atoms with van der Waals surface area (Å²) in [6, 6.07) is -0.979. The lowest BCUT2D eigenvalue weighted by Gasteiger charge is -2.27. The van der Waals surface area contributed by atoms with Crippen molar-refractivity contribution in [3.8, 4) is 0 Å². The van der Waals surface area contributed by atoms with E-state index >= 15 is 0 Å². The van der Waals surface area contributed by atoms with E-state index in [1.807, 2.05) is 0 Å². The van der Waals surface area contributed by atoms with Crippen molar-refractivity contribution in [3.05, 3.63) is 0 Å². The van der Waals surface area contributed by atoms with E-state index in [2.05, 4.69) is 19.2 Å². The van der Waals surface area contributed by atoms with Gasteiger partial charge in [-0.2, -0.15) is 0 Å². The molecule has 0 rings (SSSR count). The maximum atomic E-state index is 12.5. The predicted molar refractivity (Wildman–Crippen MR) is 242 cm³/mol. The highest BCUT2D eigenvalue weighted by Crippen LogP contribution is 2.18. The Labute approximate surface area is 350 Å². The molecule has 0 fully saturated rings. The van der Waals surface area contributed by atoms with Gasteiger partial charge < -0.3 is 25.7 Å². The number of hydrogen-bond donors (Lipinski definition) is 5. The van der Waals surface area contributed by atoms with Gasteiger partial charge in [-0.1, -0.05) is 271 Å². The molecule has 6 heteroatoms. The van der Waals surface area contributed by atoms with Crippen LogP contribution < -0.4 is 5.32 Å². The van der Waals surface area contributed by atoms with Gasteiger partial charge in [-0.15, -0.1) is 0 Å². The fraction of sp³-hybridized carbons (Fsp3) is 0.980. The van der Waals surface area contributed by atoms with E-state index in [4.69, 9.17) is 0 Å².